The summed E-state index contributed by atoms with van der Waals surface area (Å²) < 4.78 is 2.01. The minimum atomic E-state index is -0.418. The number of rotatable bonds is 10. The Bertz CT molecular complexity index is 536. The normalized spacial score (nSPS) is 15.3. The Morgan fingerprint density at radius 1 is 1.42 bits per heavy atom. The highest BCUT2D eigenvalue weighted by atomic mass is 32.2. The van der Waals surface area contributed by atoms with Crippen molar-refractivity contribution in [1.29, 1.82) is 0 Å². The summed E-state index contributed by atoms with van der Waals surface area (Å²) in [6.45, 7) is 2.08. The summed E-state index contributed by atoms with van der Waals surface area (Å²) in [6.07, 6.45) is 19.4. The highest BCUT2D eigenvalue weighted by Gasteiger charge is 2.02. The van der Waals surface area contributed by atoms with Crippen LogP contribution < -0.4 is 10.9 Å². The molecule has 0 atom stereocenters. The van der Waals surface area contributed by atoms with E-state index in [9.17, 15) is 4.79 Å². The lowest BCUT2D eigenvalue weighted by atomic mass is 10.1. The van der Waals surface area contributed by atoms with E-state index >= 15 is 0 Å². The van der Waals surface area contributed by atoms with Gasteiger partial charge in [0.05, 0.1) is 0 Å². The monoisotopic (exact) mass is 349 g/mol. The Morgan fingerprint density at radius 3 is 2.88 bits per heavy atom. The molecule has 1 amide bonds. The minimum Gasteiger partial charge on any atom is -0.314 e. The van der Waals surface area contributed by atoms with Gasteiger partial charge in [-0.25, -0.2) is 5.48 Å². The summed E-state index contributed by atoms with van der Waals surface area (Å²) in [5.74, 6) is 0.394. The molecular formula is C18H27N3O2S. The molecule has 0 aromatic rings. The van der Waals surface area contributed by atoms with E-state index in [1.54, 1.807) is 23.5 Å². The van der Waals surface area contributed by atoms with Gasteiger partial charge in [0.15, 0.2) is 0 Å². The molecule has 0 aliphatic heterocycles. The third-order valence-electron chi connectivity index (χ3n) is 3.19. The highest BCUT2D eigenvalue weighted by molar-refractivity contribution is 7.97. The van der Waals surface area contributed by atoms with Gasteiger partial charge in [-0.15, -0.1) is 0 Å². The zero-order chi connectivity index (χ0) is 17.6. The highest BCUT2D eigenvalue weighted by Crippen LogP contribution is 2.13. The summed E-state index contributed by atoms with van der Waals surface area (Å²) in [6, 6.07) is 0. The Hall–Kier alpha value is -1.76. The molecule has 3 N–H and O–H groups in total. The fraction of sp³-hybridized carbons (Fsp3) is 0.389. The van der Waals surface area contributed by atoms with E-state index in [1.807, 2.05) is 23.6 Å². The van der Waals surface area contributed by atoms with Crippen molar-refractivity contribution in [2.75, 3.05) is 12.8 Å². The van der Waals surface area contributed by atoms with E-state index in [0.717, 1.165) is 30.6 Å². The van der Waals surface area contributed by atoms with Crippen molar-refractivity contribution in [3.05, 3.63) is 59.9 Å². The van der Waals surface area contributed by atoms with E-state index in [0.29, 0.717) is 0 Å². The van der Waals surface area contributed by atoms with E-state index in [4.69, 9.17) is 5.21 Å². The maximum Gasteiger partial charge on any atom is 0.247 e. The summed E-state index contributed by atoms with van der Waals surface area (Å²) in [4.78, 5) is 11.0. The predicted octanol–water partition coefficient (Wildman–Crippen LogP) is 3.65. The first-order chi connectivity index (χ1) is 11.7. The van der Waals surface area contributed by atoms with Gasteiger partial charge in [0.2, 0.25) is 5.91 Å². The lowest BCUT2D eigenvalue weighted by Gasteiger charge is -2.20. The molecule has 0 saturated carbocycles. The molecule has 0 unspecified atom stereocenters. The first-order valence-corrected chi connectivity index (χ1v) is 9.05. The molecule has 6 heteroatoms. The van der Waals surface area contributed by atoms with Crippen LogP contribution in [-0.2, 0) is 4.79 Å². The van der Waals surface area contributed by atoms with Crippen LogP contribution in [0.4, 0.5) is 0 Å². The van der Waals surface area contributed by atoms with Gasteiger partial charge in [-0.05, 0) is 30.9 Å². The number of amides is 1. The van der Waals surface area contributed by atoms with Crippen molar-refractivity contribution in [1.82, 2.24) is 15.3 Å². The molecule has 132 valence electrons. The quantitative estimate of drug-likeness (QED) is 0.243. The summed E-state index contributed by atoms with van der Waals surface area (Å²) in [5, 5.41) is 8.49. The van der Waals surface area contributed by atoms with Crippen LogP contribution in [0.1, 0.15) is 32.6 Å². The maximum absolute atomic E-state index is 11.0. The largest absolute Gasteiger partial charge is 0.314 e. The van der Waals surface area contributed by atoms with Gasteiger partial charge in [0, 0.05) is 24.9 Å². The number of hydrazine groups is 1. The zero-order valence-corrected chi connectivity index (χ0v) is 15.2. The molecule has 5 nitrogen and oxygen atoms in total. The van der Waals surface area contributed by atoms with Gasteiger partial charge in [-0.2, -0.15) is 4.41 Å². The van der Waals surface area contributed by atoms with Gasteiger partial charge in [-0.1, -0.05) is 61.4 Å². The molecule has 24 heavy (non-hydrogen) atoms. The maximum atomic E-state index is 11.0. The number of nitrogens with one attached hydrogen (secondary N) is 2. The summed E-state index contributed by atoms with van der Waals surface area (Å²) >= 11 is 1.67. The molecule has 0 fully saturated rings. The van der Waals surface area contributed by atoms with E-state index in [-0.39, 0.29) is 6.42 Å². The van der Waals surface area contributed by atoms with Crippen LogP contribution in [0.5, 0.6) is 0 Å². The molecule has 0 saturated heterocycles. The second-order valence-corrected chi connectivity index (χ2v) is 6.36. The van der Waals surface area contributed by atoms with Crippen LogP contribution in [-0.4, -0.2) is 28.3 Å². The number of nitrogens with zero attached hydrogens (tertiary/aromatic N) is 1. The smallest absolute Gasteiger partial charge is 0.247 e. The van der Waals surface area contributed by atoms with Crippen LogP contribution in [0.15, 0.2) is 59.9 Å². The van der Waals surface area contributed by atoms with Crippen molar-refractivity contribution in [3.63, 3.8) is 0 Å². The summed E-state index contributed by atoms with van der Waals surface area (Å²) in [5.41, 5.74) is 7.25. The number of carbonyl (C=O) groups is 1. The van der Waals surface area contributed by atoms with Crippen molar-refractivity contribution >= 4 is 17.9 Å². The Kier molecular flexibility index (Phi) is 10.7. The van der Waals surface area contributed by atoms with Gasteiger partial charge in [0.1, 0.15) is 0 Å². The minimum absolute atomic E-state index is 0.157. The average Bonchev–Trinajstić information content (AvgIpc) is 2.59. The Labute approximate surface area is 148 Å². The molecular weight excluding hydrogens is 322 g/mol. The molecule has 0 spiro atoms. The second kappa shape index (κ2) is 12.6. The molecule has 0 aromatic carbocycles. The van der Waals surface area contributed by atoms with Gasteiger partial charge in [-0.3, -0.25) is 10.0 Å². The van der Waals surface area contributed by atoms with E-state index < -0.39 is 5.91 Å². The second-order valence-electron chi connectivity index (χ2n) is 5.22. The first-order valence-electron chi connectivity index (χ1n) is 8.11. The SMILES string of the molecule is CC\C=C/C(/C=C/CC(=O)NO)=C\CSN(C)NC1=CC=CCC1. The van der Waals surface area contributed by atoms with E-state index in [1.165, 1.54) is 5.70 Å². The molecule has 1 rings (SSSR count). The first kappa shape index (κ1) is 20.3. The summed E-state index contributed by atoms with van der Waals surface area (Å²) in [7, 11) is 2.00. The fourth-order valence-electron chi connectivity index (χ4n) is 1.97. The molecule has 0 aromatic heterocycles. The molecule has 0 heterocycles. The van der Waals surface area contributed by atoms with Gasteiger partial charge >= 0.3 is 0 Å². The number of hydroxylamine groups is 1. The van der Waals surface area contributed by atoms with Crippen LogP contribution >= 0.6 is 11.9 Å². The van der Waals surface area contributed by atoms with Crippen LogP contribution in [0, 0.1) is 0 Å². The lowest BCUT2D eigenvalue weighted by Crippen LogP contribution is -2.28. The van der Waals surface area contributed by atoms with Crippen molar-refractivity contribution < 1.29 is 10.0 Å². The lowest BCUT2D eigenvalue weighted by molar-refractivity contribution is -0.128. The Balaban J connectivity index is 2.47. The predicted molar refractivity (Wildman–Crippen MR) is 101 cm³/mol. The molecule has 1 aliphatic rings. The van der Waals surface area contributed by atoms with Crippen LogP contribution in [0.3, 0.4) is 0 Å². The average molecular weight is 350 g/mol. The van der Waals surface area contributed by atoms with Crippen molar-refractivity contribution in [2.24, 2.45) is 0 Å². The Morgan fingerprint density at radius 2 is 2.21 bits per heavy atom. The standard InChI is InChI=1S/C18H27N3O2S/c1-3-4-9-16(10-8-13-18(22)20-23)14-15-24-21(2)19-17-11-6-5-7-12-17/h4-6,8-11,14,19,23H,3,7,12-13,15H2,1-2H3,(H,20,22)/b9-4-,10-8+,16-14+. The van der Waals surface area contributed by atoms with Crippen LogP contribution in [0.25, 0.3) is 0 Å². The molecule has 1 aliphatic carbocycles. The number of allylic oxidation sites excluding steroid dienone is 8. The topological polar surface area (TPSA) is 64.6 Å². The molecule has 0 radical (unpaired) electrons. The van der Waals surface area contributed by atoms with Gasteiger partial charge in [0.25, 0.3) is 0 Å². The third kappa shape index (κ3) is 9.39. The number of hydrogen-bond acceptors (Lipinski definition) is 5. The van der Waals surface area contributed by atoms with Crippen molar-refractivity contribution in [2.45, 2.75) is 32.6 Å². The zero-order valence-electron chi connectivity index (χ0n) is 14.4. The molecule has 0 bridgehead atoms. The van der Waals surface area contributed by atoms with Gasteiger partial charge < -0.3 is 5.43 Å². The van der Waals surface area contributed by atoms with Crippen LogP contribution in [0.2, 0.25) is 0 Å². The van der Waals surface area contributed by atoms with Crippen molar-refractivity contribution in [3.8, 4) is 0 Å². The number of carbonyl (C=O) groups excluding carboxylic acids is 1. The van der Waals surface area contributed by atoms with E-state index in [2.05, 4.69) is 42.7 Å². The fourth-order valence-corrected chi connectivity index (χ4v) is 2.64. The third-order valence-corrected chi connectivity index (χ3v) is 3.98. The number of hydrogen-bond donors (Lipinski definition) is 3.